The van der Waals surface area contributed by atoms with Gasteiger partial charge in [-0.2, -0.15) is 13.2 Å². The molecule has 1 aromatic carbocycles. The molecule has 2 nitrogen and oxygen atoms in total. The molecule has 0 fully saturated rings. The first kappa shape index (κ1) is 12.7. The maximum Gasteiger partial charge on any atom is 0.406 e. The van der Waals surface area contributed by atoms with Gasteiger partial charge in [0.2, 0.25) is 0 Å². The molecule has 0 amide bonds. The second-order valence-corrected chi connectivity index (χ2v) is 4.10. The Labute approximate surface area is 102 Å². The zero-order valence-corrected chi connectivity index (χ0v) is 9.79. The van der Waals surface area contributed by atoms with Crippen molar-refractivity contribution in [2.75, 3.05) is 0 Å². The maximum atomic E-state index is 12.4. The predicted molar refractivity (Wildman–Crippen MR) is 63.6 cm³/mol. The number of fused-ring (bicyclic) bond motifs is 1. The first-order valence-electron chi connectivity index (χ1n) is 5.60. The summed E-state index contributed by atoms with van der Waals surface area (Å²) >= 11 is 0. The van der Waals surface area contributed by atoms with Gasteiger partial charge in [-0.3, -0.25) is 4.79 Å². The molecule has 0 unspecified atom stereocenters. The van der Waals surface area contributed by atoms with Crippen LogP contribution in [0.15, 0.2) is 35.3 Å². The topological polar surface area (TPSA) is 22.0 Å². The Balaban J connectivity index is 2.69. The van der Waals surface area contributed by atoms with Crippen LogP contribution in [0, 0.1) is 0 Å². The fourth-order valence-electron chi connectivity index (χ4n) is 2.01. The van der Waals surface area contributed by atoms with E-state index in [0.29, 0.717) is 11.8 Å². The average molecular weight is 255 g/mol. The van der Waals surface area contributed by atoms with Crippen molar-refractivity contribution in [3.8, 4) is 0 Å². The lowest BCUT2D eigenvalue weighted by Gasteiger charge is -2.13. The first-order chi connectivity index (χ1) is 8.42. The van der Waals surface area contributed by atoms with Crippen molar-refractivity contribution >= 4 is 10.8 Å². The van der Waals surface area contributed by atoms with Crippen molar-refractivity contribution in [3.63, 3.8) is 0 Å². The molecular weight excluding hydrogens is 243 g/mol. The number of aromatic nitrogens is 1. The van der Waals surface area contributed by atoms with Crippen LogP contribution in [-0.2, 0) is 13.0 Å². The molecule has 0 aliphatic rings. The summed E-state index contributed by atoms with van der Waals surface area (Å²) in [5.74, 6) is 0. The molecule has 18 heavy (non-hydrogen) atoms. The van der Waals surface area contributed by atoms with Crippen LogP contribution in [0.5, 0.6) is 0 Å². The molecule has 0 aliphatic heterocycles. The van der Waals surface area contributed by atoms with Gasteiger partial charge in [0.05, 0.1) is 0 Å². The van der Waals surface area contributed by atoms with Gasteiger partial charge in [-0.05, 0) is 23.4 Å². The van der Waals surface area contributed by atoms with Crippen molar-refractivity contribution in [2.24, 2.45) is 0 Å². The van der Waals surface area contributed by atoms with E-state index >= 15 is 0 Å². The highest BCUT2D eigenvalue weighted by Crippen LogP contribution is 2.20. The van der Waals surface area contributed by atoms with Crippen molar-refractivity contribution in [2.45, 2.75) is 26.1 Å². The number of hydrogen-bond acceptors (Lipinski definition) is 1. The predicted octanol–water partition coefficient (Wildman–Crippen LogP) is 3.13. The van der Waals surface area contributed by atoms with Crippen molar-refractivity contribution in [3.05, 3.63) is 46.4 Å². The van der Waals surface area contributed by atoms with Crippen LogP contribution < -0.4 is 5.56 Å². The summed E-state index contributed by atoms with van der Waals surface area (Å²) in [7, 11) is 0. The van der Waals surface area contributed by atoms with Crippen LogP contribution in [0.4, 0.5) is 13.2 Å². The highest BCUT2D eigenvalue weighted by Gasteiger charge is 2.28. The third kappa shape index (κ3) is 2.39. The number of pyridine rings is 1. The quantitative estimate of drug-likeness (QED) is 0.808. The number of benzene rings is 1. The molecule has 1 heterocycles. The monoisotopic (exact) mass is 255 g/mol. The Morgan fingerprint density at radius 3 is 2.33 bits per heavy atom. The fraction of sp³-hybridized carbons (Fsp3) is 0.308. The van der Waals surface area contributed by atoms with Crippen LogP contribution in [0.3, 0.4) is 0 Å². The Bertz CT molecular complexity index is 628. The van der Waals surface area contributed by atoms with Gasteiger partial charge in [-0.15, -0.1) is 0 Å². The number of halogens is 3. The molecule has 96 valence electrons. The fourth-order valence-corrected chi connectivity index (χ4v) is 2.01. The number of alkyl halides is 3. The molecule has 0 saturated carbocycles. The SMILES string of the molecule is CCc1cn(CC(F)(F)F)c(=O)c2ccccc12. The minimum Gasteiger partial charge on any atom is -0.306 e. The molecular formula is C13H12F3NO. The Hall–Kier alpha value is -1.78. The summed E-state index contributed by atoms with van der Waals surface area (Å²) in [4.78, 5) is 11.9. The summed E-state index contributed by atoms with van der Waals surface area (Å²) in [5.41, 5.74) is 0.148. The van der Waals surface area contributed by atoms with E-state index in [1.165, 1.54) is 6.20 Å². The van der Waals surface area contributed by atoms with E-state index in [0.717, 1.165) is 15.5 Å². The van der Waals surface area contributed by atoms with Gasteiger partial charge < -0.3 is 4.57 Å². The van der Waals surface area contributed by atoms with E-state index in [4.69, 9.17) is 0 Å². The highest BCUT2D eigenvalue weighted by molar-refractivity contribution is 5.84. The van der Waals surface area contributed by atoms with Crippen molar-refractivity contribution < 1.29 is 13.2 Å². The summed E-state index contributed by atoms with van der Waals surface area (Å²) in [6, 6.07) is 6.74. The highest BCUT2D eigenvalue weighted by atomic mass is 19.4. The molecule has 0 N–H and O–H groups in total. The molecule has 0 bridgehead atoms. The van der Waals surface area contributed by atoms with Gasteiger partial charge in [0.25, 0.3) is 5.56 Å². The van der Waals surface area contributed by atoms with Crippen molar-refractivity contribution in [1.29, 1.82) is 0 Å². The molecule has 5 heteroatoms. The second kappa shape index (κ2) is 4.48. The molecule has 0 spiro atoms. The molecule has 2 rings (SSSR count). The molecule has 0 aliphatic carbocycles. The van der Waals surface area contributed by atoms with Crippen molar-refractivity contribution in [1.82, 2.24) is 4.57 Å². The number of aryl methyl sites for hydroxylation is 1. The minimum atomic E-state index is -4.39. The van der Waals surface area contributed by atoms with E-state index in [-0.39, 0.29) is 0 Å². The minimum absolute atomic E-state index is 0.334. The Kier molecular flexibility index (Phi) is 3.15. The zero-order chi connectivity index (χ0) is 13.3. The lowest BCUT2D eigenvalue weighted by molar-refractivity contribution is -0.141. The van der Waals surface area contributed by atoms with E-state index < -0.39 is 18.3 Å². The van der Waals surface area contributed by atoms with E-state index in [1.54, 1.807) is 24.3 Å². The van der Waals surface area contributed by atoms with E-state index in [9.17, 15) is 18.0 Å². The summed E-state index contributed by atoms with van der Waals surface area (Å²) < 4.78 is 37.9. The van der Waals surface area contributed by atoms with Gasteiger partial charge >= 0.3 is 6.18 Å². The number of hydrogen-bond donors (Lipinski definition) is 0. The molecule has 0 atom stereocenters. The van der Waals surface area contributed by atoms with Crippen LogP contribution in [0.2, 0.25) is 0 Å². The van der Waals surface area contributed by atoms with Gasteiger partial charge in [0.1, 0.15) is 6.54 Å². The second-order valence-electron chi connectivity index (χ2n) is 4.10. The molecule has 0 radical (unpaired) electrons. The zero-order valence-electron chi connectivity index (χ0n) is 9.79. The normalized spacial score (nSPS) is 12.0. The molecule has 0 saturated heterocycles. The number of rotatable bonds is 2. The van der Waals surface area contributed by atoms with Crippen LogP contribution >= 0.6 is 0 Å². The van der Waals surface area contributed by atoms with Gasteiger partial charge in [0, 0.05) is 11.6 Å². The van der Waals surface area contributed by atoms with Crippen LogP contribution in [0.25, 0.3) is 10.8 Å². The van der Waals surface area contributed by atoms with Gasteiger partial charge in [-0.1, -0.05) is 25.1 Å². The third-order valence-electron chi connectivity index (χ3n) is 2.81. The van der Waals surface area contributed by atoms with E-state index in [2.05, 4.69) is 0 Å². The molecule has 2 aromatic rings. The summed E-state index contributed by atoms with van der Waals surface area (Å²) in [6.45, 7) is 0.605. The molecule has 1 aromatic heterocycles. The maximum absolute atomic E-state index is 12.4. The number of nitrogens with zero attached hydrogens (tertiary/aromatic N) is 1. The first-order valence-corrected chi connectivity index (χ1v) is 5.60. The third-order valence-corrected chi connectivity index (χ3v) is 2.81. The van der Waals surface area contributed by atoms with Gasteiger partial charge in [0.15, 0.2) is 0 Å². The van der Waals surface area contributed by atoms with E-state index in [1.807, 2.05) is 6.92 Å². The Morgan fingerprint density at radius 1 is 1.17 bits per heavy atom. The largest absolute Gasteiger partial charge is 0.406 e. The lowest BCUT2D eigenvalue weighted by atomic mass is 10.1. The van der Waals surface area contributed by atoms with Crippen LogP contribution in [-0.4, -0.2) is 10.7 Å². The standard InChI is InChI=1S/C13H12F3NO/c1-2-9-7-17(8-13(14,15)16)12(18)11-6-4-3-5-10(9)11/h3-7H,2,8H2,1H3. The smallest absolute Gasteiger partial charge is 0.306 e. The lowest BCUT2D eigenvalue weighted by Crippen LogP contribution is -2.28. The van der Waals surface area contributed by atoms with Gasteiger partial charge in [-0.25, -0.2) is 0 Å². The van der Waals surface area contributed by atoms with Crippen LogP contribution in [0.1, 0.15) is 12.5 Å². The summed E-state index contributed by atoms with van der Waals surface area (Å²) in [5, 5.41) is 1.06. The average Bonchev–Trinajstić information content (AvgIpc) is 2.31. The Morgan fingerprint density at radius 2 is 1.78 bits per heavy atom. The summed E-state index contributed by atoms with van der Waals surface area (Å²) in [6.07, 6.45) is -2.51.